The number of hydrogen-bond acceptors (Lipinski definition) is 1. The molecule has 1 nitrogen and oxygen atoms in total. The smallest absolute Gasteiger partial charge is 0.122 e. The molecule has 0 bridgehead atoms. The van der Waals surface area contributed by atoms with E-state index >= 15 is 0 Å². The van der Waals surface area contributed by atoms with E-state index in [1.54, 1.807) is 0 Å². The lowest BCUT2D eigenvalue weighted by molar-refractivity contribution is 0.301. The van der Waals surface area contributed by atoms with Gasteiger partial charge in [0.15, 0.2) is 0 Å². The van der Waals surface area contributed by atoms with Crippen LogP contribution in [0.3, 0.4) is 0 Å². The van der Waals surface area contributed by atoms with E-state index in [-0.39, 0.29) is 0 Å². The molecule has 0 N–H and O–H groups in total. The molecule has 0 radical (unpaired) electrons. The first-order valence-electron chi connectivity index (χ1n) is 4.49. The minimum atomic E-state index is 0.505. The van der Waals surface area contributed by atoms with Crippen LogP contribution in [-0.2, 0) is 0 Å². The summed E-state index contributed by atoms with van der Waals surface area (Å²) in [6.45, 7) is 4.19. The largest absolute Gasteiger partial charge is 0.490 e. The summed E-state index contributed by atoms with van der Waals surface area (Å²) in [6, 6.07) is 6.36. The van der Waals surface area contributed by atoms with E-state index in [0.29, 0.717) is 6.10 Å². The van der Waals surface area contributed by atoms with Crippen molar-refractivity contribution in [1.29, 1.82) is 0 Å². The Morgan fingerprint density at radius 3 is 2.67 bits per heavy atom. The van der Waals surface area contributed by atoms with Gasteiger partial charge in [-0.05, 0) is 43.9 Å². The monoisotopic (exact) mass is 162 g/mol. The molecule has 0 atom stereocenters. The lowest BCUT2D eigenvalue weighted by atomic mass is 10.1. The summed E-state index contributed by atoms with van der Waals surface area (Å²) in [5.74, 6) is 1.07. The highest BCUT2D eigenvalue weighted by Gasteiger charge is 2.23. The molecule has 0 saturated heterocycles. The van der Waals surface area contributed by atoms with Crippen LogP contribution in [0.4, 0.5) is 0 Å². The normalized spacial score (nSPS) is 16.2. The molecule has 12 heavy (non-hydrogen) atoms. The van der Waals surface area contributed by atoms with E-state index in [2.05, 4.69) is 32.0 Å². The van der Waals surface area contributed by atoms with Crippen LogP contribution in [0.2, 0.25) is 0 Å². The predicted molar refractivity (Wildman–Crippen MR) is 49.6 cm³/mol. The topological polar surface area (TPSA) is 9.23 Å². The highest BCUT2D eigenvalue weighted by Crippen LogP contribution is 2.29. The van der Waals surface area contributed by atoms with Crippen molar-refractivity contribution in [3.63, 3.8) is 0 Å². The van der Waals surface area contributed by atoms with Crippen molar-refractivity contribution in [2.45, 2.75) is 32.8 Å². The number of benzene rings is 1. The Morgan fingerprint density at radius 1 is 1.25 bits per heavy atom. The minimum absolute atomic E-state index is 0.505. The van der Waals surface area contributed by atoms with Gasteiger partial charge in [0.25, 0.3) is 0 Å². The third-order valence-corrected chi connectivity index (χ3v) is 2.16. The summed E-state index contributed by atoms with van der Waals surface area (Å²) in [6.07, 6.45) is 2.96. The summed E-state index contributed by atoms with van der Waals surface area (Å²) in [5.41, 5.74) is 2.52. The molecule has 0 amide bonds. The molecule has 1 aliphatic rings. The third-order valence-electron chi connectivity index (χ3n) is 2.16. The summed E-state index contributed by atoms with van der Waals surface area (Å²) in [7, 11) is 0. The highest BCUT2D eigenvalue weighted by molar-refractivity contribution is 5.36. The molecule has 1 fully saturated rings. The minimum Gasteiger partial charge on any atom is -0.490 e. The maximum absolute atomic E-state index is 5.74. The lowest BCUT2D eigenvalue weighted by Gasteiger charge is -2.08. The zero-order chi connectivity index (χ0) is 8.55. The van der Waals surface area contributed by atoms with Gasteiger partial charge in [0, 0.05) is 0 Å². The van der Waals surface area contributed by atoms with Gasteiger partial charge in [-0.2, -0.15) is 0 Å². The number of ether oxygens (including phenoxy) is 1. The third kappa shape index (κ3) is 1.60. The van der Waals surface area contributed by atoms with Crippen LogP contribution in [0.15, 0.2) is 18.2 Å². The van der Waals surface area contributed by atoms with Crippen molar-refractivity contribution < 1.29 is 4.74 Å². The maximum atomic E-state index is 5.74. The molecule has 0 unspecified atom stereocenters. The van der Waals surface area contributed by atoms with E-state index in [1.807, 2.05) is 0 Å². The van der Waals surface area contributed by atoms with Crippen molar-refractivity contribution in [3.8, 4) is 5.75 Å². The van der Waals surface area contributed by atoms with Gasteiger partial charge in [-0.3, -0.25) is 0 Å². The fourth-order valence-electron chi connectivity index (χ4n) is 1.20. The second-order valence-electron chi connectivity index (χ2n) is 3.59. The van der Waals surface area contributed by atoms with Crippen molar-refractivity contribution in [2.75, 3.05) is 0 Å². The zero-order valence-corrected chi connectivity index (χ0v) is 7.63. The molecular formula is C11H14O. The Bertz CT molecular complexity index is 287. The fourth-order valence-corrected chi connectivity index (χ4v) is 1.20. The Morgan fingerprint density at radius 2 is 2.00 bits per heavy atom. The Labute approximate surface area is 73.4 Å². The second kappa shape index (κ2) is 2.81. The van der Waals surface area contributed by atoms with Crippen LogP contribution in [0.25, 0.3) is 0 Å². The fraction of sp³-hybridized carbons (Fsp3) is 0.455. The molecule has 1 saturated carbocycles. The van der Waals surface area contributed by atoms with Gasteiger partial charge >= 0.3 is 0 Å². The Hall–Kier alpha value is -0.980. The predicted octanol–water partition coefficient (Wildman–Crippen LogP) is 2.84. The van der Waals surface area contributed by atoms with Gasteiger partial charge in [0.2, 0.25) is 0 Å². The summed E-state index contributed by atoms with van der Waals surface area (Å²) >= 11 is 0. The second-order valence-corrected chi connectivity index (χ2v) is 3.59. The summed E-state index contributed by atoms with van der Waals surface area (Å²) < 4.78 is 5.74. The van der Waals surface area contributed by atoms with Crippen LogP contribution in [0.1, 0.15) is 24.0 Å². The zero-order valence-electron chi connectivity index (χ0n) is 7.63. The van der Waals surface area contributed by atoms with Crippen LogP contribution in [-0.4, -0.2) is 6.10 Å². The van der Waals surface area contributed by atoms with E-state index < -0.39 is 0 Å². The molecule has 0 heterocycles. The summed E-state index contributed by atoms with van der Waals surface area (Å²) in [5, 5.41) is 0. The van der Waals surface area contributed by atoms with Crippen LogP contribution in [0.5, 0.6) is 5.75 Å². The number of hydrogen-bond donors (Lipinski definition) is 0. The average Bonchev–Trinajstić information content (AvgIpc) is 2.81. The van der Waals surface area contributed by atoms with E-state index in [1.165, 1.54) is 24.0 Å². The van der Waals surface area contributed by atoms with Gasteiger partial charge in [-0.25, -0.2) is 0 Å². The van der Waals surface area contributed by atoms with Crippen molar-refractivity contribution in [2.24, 2.45) is 0 Å². The first kappa shape index (κ1) is 7.66. The van der Waals surface area contributed by atoms with E-state index in [9.17, 15) is 0 Å². The van der Waals surface area contributed by atoms with Crippen LogP contribution < -0.4 is 4.74 Å². The first-order chi connectivity index (χ1) is 5.75. The number of aryl methyl sites for hydroxylation is 2. The van der Waals surface area contributed by atoms with Gasteiger partial charge in [0.05, 0.1) is 6.10 Å². The molecule has 1 aromatic rings. The first-order valence-corrected chi connectivity index (χ1v) is 4.49. The Balaban J connectivity index is 2.21. The number of rotatable bonds is 2. The van der Waals surface area contributed by atoms with E-state index in [0.717, 1.165) is 5.75 Å². The van der Waals surface area contributed by atoms with Crippen molar-refractivity contribution in [1.82, 2.24) is 0 Å². The van der Waals surface area contributed by atoms with Crippen molar-refractivity contribution >= 4 is 0 Å². The molecular weight excluding hydrogens is 148 g/mol. The molecule has 64 valence electrons. The SMILES string of the molecule is Cc1ccc(C)c(OC2CC2)c1. The van der Waals surface area contributed by atoms with Crippen molar-refractivity contribution in [3.05, 3.63) is 29.3 Å². The average molecular weight is 162 g/mol. The molecule has 1 heteroatoms. The van der Waals surface area contributed by atoms with Gasteiger partial charge in [0.1, 0.15) is 5.75 Å². The van der Waals surface area contributed by atoms with Crippen LogP contribution >= 0.6 is 0 Å². The maximum Gasteiger partial charge on any atom is 0.122 e. The van der Waals surface area contributed by atoms with Crippen LogP contribution in [0, 0.1) is 13.8 Å². The van der Waals surface area contributed by atoms with Gasteiger partial charge in [-0.1, -0.05) is 12.1 Å². The Kier molecular flexibility index (Phi) is 1.80. The molecule has 0 spiro atoms. The molecule has 2 rings (SSSR count). The highest BCUT2D eigenvalue weighted by atomic mass is 16.5. The molecule has 0 aliphatic heterocycles. The molecule has 1 aromatic carbocycles. The lowest BCUT2D eigenvalue weighted by Crippen LogP contribution is -1.97. The molecule has 0 aromatic heterocycles. The van der Waals surface area contributed by atoms with E-state index in [4.69, 9.17) is 4.74 Å². The summed E-state index contributed by atoms with van der Waals surface area (Å²) in [4.78, 5) is 0. The quantitative estimate of drug-likeness (QED) is 0.649. The van der Waals surface area contributed by atoms with Gasteiger partial charge < -0.3 is 4.74 Å². The van der Waals surface area contributed by atoms with Gasteiger partial charge in [-0.15, -0.1) is 0 Å². The molecule has 1 aliphatic carbocycles. The standard InChI is InChI=1S/C11H14O/c1-8-3-4-9(2)11(7-8)12-10-5-6-10/h3-4,7,10H,5-6H2,1-2H3.